The third-order valence-corrected chi connectivity index (χ3v) is 1.55. The van der Waals surface area contributed by atoms with E-state index in [9.17, 15) is 4.79 Å². The van der Waals surface area contributed by atoms with Crippen LogP contribution in [0.5, 0.6) is 0 Å². The molecule has 0 saturated carbocycles. The molecule has 0 fully saturated rings. The van der Waals surface area contributed by atoms with Crippen LogP contribution in [0.3, 0.4) is 0 Å². The molecule has 0 atom stereocenters. The second-order valence-electron chi connectivity index (χ2n) is 2.95. The summed E-state index contributed by atoms with van der Waals surface area (Å²) in [4.78, 5) is 17.6. The van der Waals surface area contributed by atoms with Gasteiger partial charge in [0, 0.05) is 18.0 Å². The van der Waals surface area contributed by atoms with Crippen molar-refractivity contribution < 1.29 is 0 Å². The number of hydrazone groups is 1. The Morgan fingerprint density at radius 2 is 2.50 bits per heavy atom. The Labute approximate surface area is 82.3 Å². The predicted molar refractivity (Wildman–Crippen MR) is 56.6 cm³/mol. The molecule has 0 aliphatic rings. The monoisotopic (exact) mass is 194 g/mol. The number of hydrogen-bond acceptors (Lipinski definition) is 4. The average molecular weight is 194 g/mol. The molecular formula is C9H14N4O. The summed E-state index contributed by atoms with van der Waals surface area (Å²) >= 11 is 0. The highest BCUT2D eigenvalue weighted by atomic mass is 16.1. The fraction of sp³-hybridized carbons (Fsp3) is 0.444. The highest BCUT2D eigenvalue weighted by molar-refractivity contribution is 5.58. The number of H-pyrrole nitrogens is 1. The first-order valence-electron chi connectivity index (χ1n) is 4.58. The Balaban J connectivity index is 2.63. The molecule has 0 aliphatic carbocycles. The maximum atomic E-state index is 11.0. The van der Waals surface area contributed by atoms with Crippen molar-refractivity contribution in [1.29, 1.82) is 0 Å². The molecule has 1 aromatic heterocycles. The smallest absolute Gasteiger partial charge is 0.252 e. The number of hydrogen-bond donors (Lipinski definition) is 2. The molecule has 0 amide bonds. The molecule has 0 spiro atoms. The summed E-state index contributed by atoms with van der Waals surface area (Å²) in [5.74, 6) is 0.377. The summed E-state index contributed by atoms with van der Waals surface area (Å²) in [6.07, 6.45) is 3.70. The lowest BCUT2D eigenvalue weighted by atomic mass is 10.4. The highest BCUT2D eigenvalue weighted by Gasteiger charge is 1.94. The number of rotatable bonds is 4. The summed E-state index contributed by atoms with van der Waals surface area (Å²) in [6.45, 7) is 3.83. The van der Waals surface area contributed by atoms with Crippen molar-refractivity contribution in [3.05, 3.63) is 22.1 Å². The standard InChI is InChI=1S/C9H14N4O/c1-3-4-5-10-13-9-11-7(2)6-8(14)12-9/h5-6H,3-4H2,1-2H3,(H2,11,12,13,14). The minimum atomic E-state index is -0.175. The van der Waals surface area contributed by atoms with E-state index in [-0.39, 0.29) is 5.56 Å². The zero-order valence-corrected chi connectivity index (χ0v) is 8.37. The van der Waals surface area contributed by atoms with Gasteiger partial charge >= 0.3 is 0 Å². The number of aromatic amines is 1. The Morgan fingerprint density at radius 1 is 1.71 bits per heavy atom. The summed E-state index contributed by atoms with van der Waals surface area (Å²) in [5.41, 5.74) is 3.16. The summed E-state index contributed by atoms with van der Waals surface area (Å²) < 4.78 is 0. The molecule has 0 bridgehead atoms. The predicted octanol–water partition coefficient (Wildman–Crippen LogP) is 1.28. The van der Waals surface area contributed by atoms with E-state index < -0.39 is 0 Å². The SMILES string of the molecule is CCCC=NNc1nc(C)cc(=O)[nH]1. The number of nitrogens with one attached hydrogen (secondary N) is 2. The van der Waals surface area contributed by atoms with Crippen LogP contribution in [-0.4, -0.2) is 16.2 Å². The van der Waals surface area contributed by atoms with Crippen LogP contribution in [0, 0.1) is 6.92 Å². The minimum Gasteiger partial charge on any atom is -0.291 e. The molecule has 1 rings (SSSR count). The van der Waals surface area contributed by atoms with Gasteiger partial charge in [0.2, 0.25) is 5.95 Å². The molecule has 5 heteroatoms. The van der Waals surface area contributed by atoms with Crippen molar-refractivity contribution in [3.8, 4) is 0 Å². The molecule has 0 aromatic carbocycles. The first-order chi connectivity index (χ1) is 6.72. The van der Waals surface area contributed by atoms with Crippen molar-refractivity contribution in [2.24, 2.45) is 5.10 Å². The number of nitrogens with zero attached hydrogens (tertiary/aromatic N) is 2. The van der Waals surface area contributed by atoms with Gasteiger partial charge in [0.25, 0.3) is 5.56 Å². The second kappa shape index (κ2) is 5.16. The van der Waals surface area contributed by atoms with Gasteiger partial charge in [-0.3, -0.25) is 9.78 Å². The van der Waals surface area contributed by atoms with Crippen molar-refractivity contribution in [1.82, 2.24) is 9.97 Å². The third kappa shape index (κ3) is 3.38. The van der Waals surface area contributed by atoms with Gasteiger partial charge in [-0.25, -0.2) is 10.4 Å². The fourth-order valence-corrected chi connectivity index (χ4v) is 0.932. The Bertz CT molecular complexity index is 369. The zero-order chi connectivity index (χ0) is 10.4. The molecule has 5 nitrogen and oxygen atoms in total. The molecule has 0 unspecified atom stereocenters. The van der Waals surface area contributed by atoms with Gasteiger partial charge in [-0.1, -0.05) is 13.3 Å². The molecule has 76 valence electrons. The maximum absolute atomic E-state index is 11.0. The van der Waals surface area contributed by atoms with Gasteiger partial charge in [0.1, 0.15) is 0 Å². The first kappa shape index (κ1) is 10.4. The highest BCUT2D eigenvalue weighted by Crippen LogP contribution is 1.94. The molecule has 1 aromatic rings. The van der Waals surface area contributed by atoms with Gasteiger partial charge in [-0.05, 0) is 13.3 Å². The molecule has 0 saturated heterocycles. The fourth-order valence-electron chi connectivity index (χ4n) is 0.932. The van der Waals surface area contributed by atoms with E-state index in [2.05, 4.69) is 27.4 Å². The van der Waals surface area contributed by atoms with Gasteiger partial charge < -0.3 is 0 Å². The number of unbranched alkanes of at least 4 members (excludes halogenated alkanes) is 1. The third-order valence-electron chi connectivity index (χ3n) is 1.55. The lowest BCUT2D eigenvalue weighted by molar-refractivity contribution is 0.996. The molecule has 0 radical (unpaired) electrons. The number of aryl methyl sites for hydroxylation is 1. The normalized spacial score (nSPS) is 10.7. The molecular weight excluding hydrogens is 180 g/mol. The van der Waals surface area contributed by atoms with Crippen LogP contribution in [0.4, 0.5) is 5.95 Å². The van der Waals surface area contributed by atoms with Crippen LogP contribution >= 0.6 is 0 Å². The van der Waals surface area contributed by atoms with Crippen LogP contribution in [0.15, 0.2) is 16.0 Å². The molecule has 14 heavy (non-hydrogen) atoms. The van der Waals surface area contributed by atoms with Gasteiger partial charge in [0.15, 0.2) is 0 Å². The van der Waals surface area contributed by atoms with E-state index in [1.165, 1.54) is 6.07 Å². The summed E-state index contributed by atoms with van der Waals surface area (Å²) in [6, 6.07) is 1.43. The van der Waals surface area contributed by atoms with E-state index in [1.54, 1.807) is 13.1 Å². The molecule has 2 N–H and O–H groups in total. The van der Waals surface area contributed by atoms with Gasteiger partial charge in [0.05, 0.1) is 0 Å². The van der Waals surface area contributed by atoms with E-state index in [1.807, 2.05) is 0 Å². The summed E-state index contributed by atoms with van der Waals surface area (Å²) in [7, 11) is 0. The van der Waals surface area contributed by atoms with Crippen LogP contribution in [0.2, 0.25) is 0 Å². The second-order valence-corrected chi connectivity index (χ2v) is 2.95. The van der Waals surface area contributed by atoms with Crippen LogP contribution in [0.1, 0.15) is 25.5 Å². The van der Waals surface area contributed by atoms with Crippen LogP contribution < -0.4 is 11.0 Å². The summed E-state index contributed by atoms with van der Waals surface area (Å²) in [5, 5.41) is 3.91. The van der Waals surface area contributed by atoms with E-state index in [4.69, 9.17) is 0 Å². The quantitative estimate of drug-likeness (QED) is 0.560. The van der Waals surface area contributed by atoms with Crippen LogP contribution in [-0.2, 0) is 0 Å². The van der Waals surface area contributed by atoms with Crippen molar-refractivity contribution >= 4 is 12.2 Å². The largest absolute Gasteiger partial charge is 0.291 e. The average Bonchev–Trinajstić information content (AvgIpc) is 2.11. The van der Waals surface area contributed by atoms with Gasteiger partial charge in [-0.2, -0.15) is 5.10 Å². The van der Waals surface area contributed by atoms with E-state index >= 15 is 0 Å². The van der Waals surface area contributed by atoms with Crippen molar-refractivity contribution in [2.45, 2.75) is 26.7 Å². The van der Waals surface area contributed by atoms with Crippen molar-refractivity contribution in [2.75, 3.05) is 5.43 Å². The zero-order valence-electron chi connectivity index (χ0n) is 8.37. The first-order valence-corrected chi connectivity index (χ1v) is 4.58. The number of anilines is 1. The van der Waals surface area contributed by atoms with E-state index in [0.29, 0.717) is 11.6 Å². The topological polar surface area (TPSA) is 70.1 Å². The van der Waals surface area contributed by atoms with E-state index in [0.717, 1.165) is 12.8 Å². The van der Waals surface area contributed by atoms with Crippen LogP contribution in [0.25, 0.3) is 0 Å². The maximum Gasteiger partial charge on any atom is 0.252 e. The van der Waals surface area contributed by atoms with Gasteiger partial charge in [-0.15, -0.1) is 0 Å². The lowest BCUT2D eigenvalue weighted by Gasteiger charge is -1.98. The van der Waals surface area contributed by atoms with Crippen molar-refractivity contribution in [3.63, 3.8) is 0 Å². The Morgan fingerprint density at radius 3 is 3.14 bits per heavy atom. The molecule has 0 aliphatic heterocycles. The Kier molecular flexibility index (Phi) is 3.84. The Hall–Kier alpha value is -1.65. The minimum absolute atomic E-state index is 0.175. The lowest BCUT2D eigenvalue weighted by Crippen LogP contribution is -2.10. The number of aromatic nitrogens is 2. The molecule has 1 heterocycles.